The summed E-state index contributed by atoms with van der Waals surface area (Å²) in [4.78, 5) is 0. The van der Waals surface area contributed by atoms with E-state index in [-0.39, 0.29) is 11.1 Å². The van der Waals surface area contributed by atoms with Gasteiger partial charge in [-0.2, -0.15) is 0 Å². The van der Waals surface area contributed by atoms with Crippen molar-refractivity contribution in [2.45, 2.75) is 5.88 Å². The van der Waals surface area contributed by atoms with Gasteiger partial charge in [0.05, 0.1) is 11.4 Å². The highest BCUT2D eigenvalue weighted by Gasteiger charge is 2.17. The Bertz CT molecular complexity index is 528. The Hall–Kier alpha value is -0.0300. The fourth-order valence-corrected chi connectivity index (χ4v) is 3.04. The lowest BCUT2D eigenvalue weighted by atomic mass is 10.1. The second-order valence-corrected chi connectivity index (χ2v) is 5.42. The summed E-state index contributed by atoms with van der Waals surface area (Å²) in [6, 6.07) is 5.76. The Morgan fingerprint density at radius 3 is 2.69 bits per heavy atom. The van der Waals surface area contributed by atoms with Crippen molar-refractivity contribution < 1.29 is 4.52 Å². The highest BCUT2D eigenvalue weighted by molar-refractivity contribution is 9.11. The molecule has 0 aliphatic heterocycles. The molecule has 1 aromatic heterocycles. The molecule has 0 unspecified atom stereocenters. The molecule has 0 radical (unpaired) electrons. The molecule has 2 nitrogen and oxygen atoms in total. The van der Waals surface area contributed by atoms with Crippen LogP contribution in [-0.4, -0.2) is 5.16 Å². The summed E-state index contributed by atoms with van der Waals surface area (Å²) in [6.45, 7) is 0. The van der Waals surface area contributed by atoms with Crippen molar-refractivity contribution >= 4 is 55.1 Å². The van der Waals surface area contributed by atoms with Gasteiger partial charge in [-0.25, -0.2) is 0 Å². The van der Waals surface area contributed by atoms with E-state index in [9.17, 15) is 0 Å². The normalized spacial score (nSPS) is 10.8. The molecular weight excluding hydrogens is 381 g/mol. The maximum absolute atomic E-state index is 5.84. The Balaban J connectivity index is 2.58. The van der Waals surface area contributed by atoms with E-state index in [1.807, 2.05) is 18.2 Å². The molecule has 0 atom stereocenters. The number of alkyl halides is 1. The molecule has 0 saturated heterocycles. The van der Waals surface area contributed by atoms with Crippen LogP contribution < -0.4 is 0 Å². The van der Waals surface area contributed by atoms with Gasteiger partial charge in [0.1, 0.15) is 5.69 Å². The lowest BCUT2D eigenvalue weighted by Gasteiger charge is -2.02. The zero-order chi connectivity index (χ0) is 11.7. The van der Waals surface area contributed by atoms with Gasteiger partial charge >= 0.3 is 0 Å². The summed E-state index contributed by atoms with van der Waals surface area (Å²) in [5.74, 6) is 0.264. The molecule has 84 valence electrons. The van der Waals surface area contributed by atoms with Crippen molar-refractivity contribution in [2.75, 3.05) is 0 Å². The first-order chi connectivity index (χ1) is 7.63. The van der Waals surface area contributed by atoms with Crippen LogP contribution in [0.25, 0.3) is 11.3 Å². The summed E-state index contributed by atoms with van der Waals surface area (Å²) in [7, 11) is 0. The summed E-state index contributed by atoms with van der Waals surface area (Å²) < 4.78 is 6.80. The molecule has 0 aliphatic carbocycles. The van der Waals surface area contributed by atoms with Crippen molar-refractivity contribution in [3.63, 3.8) is 0 Å². The van der Waals surface area contributed by atoms with Crippen LogP contribution >= 0.6 is 55.1 Å². The van der Waals surface area contributed by atoms with Gasteiger partial charge in [-0.3, -0.25) is 0 Å². The number of nitrogens with zero attached hydrogens (tertiary/aromatic N) is 1. The molecule has 1 heterocycles. The molecule has 0 saturated carbocycles. The number of aromatic nitrogens is 1. The molecule has 6 heteroatoms. The monoisotopic (exact) mass is 383 g/mol. The van der Waals surface area contributed by atoms with Crippen molar-refractivity contribution in [1.82, 2.24) is 5.16 Å². The minimum absolute atomic E-state index is 0.236. The minimum atomic E-state index is 0.236. The molecule has 0 bridgehead atoms. The lowest BCUT2D eigenvalue weighted by molar-refractivity contribution is 0.423. The van der Waals surface area contributed by atoms with Crippen LogP contribution in [0.5, 0.6) is 0 Å². The van der Waals surface area contributed by atoms with Gasteiger partial charge in [-0.05, 0) is 23.7 Å². The lowest BCUT2D eigenvalue weighted by Crippen LogP contribution is -1.85. The SMILES string of the molecule is ClCc1c(-c2ccc(Br)cc2Br)noc1Cl. The first-order valence-corrected chi connectivity index (χ1v) is 6.78. The maximum atomic E-state index is 5.84. The average Bonchev–Trinajstić information content (AvgIpc) is 2.59. The molecule has 1 aromatic carbocycles. The van der Waals surface area contributed by atoms with Gasteiger partial charge in [-0.1, -0.05) is 43.1 Å². The molecule has 0 fully saturated rings. The standard InChI is InChI=1S/C10H5Br2Cl2NO/c11-5-1-2-6(8(12)3-5)9-7(4-13)10(14)16-15-9/h1-3H,4H2. The third kappa shape index (κ3) is 2.30. The molecule has 16 heavy (non-hydrogen) atoms. The summed E-state index contributed by atoms with van der Waals surface area (Å²) in [5.41, 5.74) is 2.26. The van der Waals surface area contributed by atoms with Crippen molar-refractivity contribution in [1.29, 1.82) is 0 Å². The van der Waals surface area contributed by atoms with E-state index in [1.54, 1.807) is 0 Å². The molecule has 0 amide bonds. The second-order valence-electron chi connectivity index (χ2n) is 3.04. The van der Waals surface area contributed by atoms with E-state index in [2.05, 4.69) is 37.0 Å². The van der Waals surface area contributed by atoms with Gasteiger partial charge in [0.25, 0.3) is 0 Å². The Morgan fingerprint density at radius 2 is 2.06 bits per heavy atom. The van der Waals surface area contributed by atoms with Crippen LogP contribution in [0.1, 0.15) is 5.56 Å². The van der Waals surface area contributed by atoms with E-state index in [0.717, 1.165) is 14.5 Å². The molecule has 2 aromatic rings. The number of benzene rings is 1. The van der Waals surface area contributed by atoms with E-state index < -0.39 is 0 Å². The van der Waals surface area contributed by atoms with Crippen molar-refractivity contribution in [2.24, 2.45) is 0 Å². The minimum Gasteiger partial charge on any atom is -0.343 e. The third-order valence-corrected chi connectivity index (χ3v) is 3.77. The van der Waals surface area contributed by atoms with Gasteiger partial charge in [0.15, 0.2) is 0 Å². The second kappa shape index (κ2) is 5.08. The topological polar surface area (TPSA) is 26.0 Å². The highest BCUT2D eigenvalue weighted by Crippen LogP contribution is 2.35. The number of hydrogen-bond donors (Lipinski definition) is 0. The van der Waals surface area contributed by atoms with Crippen LogP contribution in [0.4, 0.5) is 0 Å². The van der Waals surface area contributed by atoms with Crippen LogP contribution in [0.3, 0.4) is 0 Å². The average molecular weight is 386 g/mol. The highest BCUT2D eigenvalue weighted by atomic mass is 79.9. The fraction of sp³-hybridized carbons (Fsp3) is 0.100. The number of hydrogen-bond acceptors (Lipinski definition) is 2. The number of rotatable bonds is 2. The molecule has 0 N–H and O–H groups in total. The Labute approximate surface area is 119 Å². The van der Waals surface area contributed by atoms with Gasteiger partial charge in [0, 0.05) is 14.5 Å². The van der Waals surface area contributed by atoms with E-state index in [4.69, 9.17) is 27.7 Å². The van der Waals surface area contributed by atoms with Gasteiger partial charge in [-0.15, -0.1) is 11.6 Å². The number of halogens is 4. The zero-order valence-corrected chi connectivity index (χ0v) is 12.5. The quantitative estimate of drug-likeness (QED) is 0.659. The van der Waals surface area contributed by atoms with Crippen LogP contribution in [-0.2, 0) is 5.88 Å². The fourth-order valence-electron chi connectivity index (χ4n) is 1.30. The predicted molar refractivity (Wildman–Crippen MR) is 71.9 cm³/mol. The maximum Gasteiger partial charge on any atom is 0.231 e. The first-order valence-electron chi connectivity index (χ1n) is 4.29. The van der Waals surface area contributed by atoms with Crippen molar-refractivity contribution in [3.8, 4) is 11.3 Å². The molecule has 0 spiro atoms. The van der Waals surface area contributed by atoms with Crippen LogP contribution in [0.2, 0.25) is 5.22 Å². The first kappa shape index (κ1) is 12.4. The molecule has 2 rings (SSSR count). The van der Waals surface area contributed by atoms with Crippen molar-refractivity contribution in [3.05, 3.63) is 37.9 Å². The summed E-state index contributed by atoms with van der Waals surface area (Å²) >= 11 is 18.5. The smallest absolute Gasteiger partial charge is 0.231 e. The Morgan fingerprint density at radius 1 is 1.31 bits per heavy atom. The molecular formula is C10H5Br2Cl2NO. The van der Waals surface area contributed by atoms with E-state index >= 15 is 0 Å². The van der Waals surface area contributed by atoms with E-state index in [0.29, 0.717) is 11.3 Å². The van der Waals surface area contributed by atoms with Crippen LogP contribution in [0.15, 0.2) is 31.7 Å². The summed E-state index contributed by atoms with van der Waals surface area (Å²) in [6.07, 6.45) is 0. The van der Waals surface area contributed by atoms with E-state index in [1.165, 1.54) is 0 Å². The van der Waals surface area contributed by atoms with Gasteiger partial charge in [0.2, 0.25) is 5.22 Å². The predicted octanol–water partition coefficient (Wildman–Crippen LogP) is 5.26. The Kier molecular flexibility index (Phi) is 3.95. The zero-order valence-electron chi connectivity index (χ0n) is 7.81. The largest absolute Gasteiger partial charge is 0.343 e. The van der Waals surface area contributed by atoms with Gasteiger partial charge < -0.3 is 4.52 Å². The molecule has 0 aliphatic rings. The van der Waals surface area contributed by atoms with Crippen LogP contribution in [0, 0.1) is 0 Å². The third-order valence-electron chi connectivity index (χ3n) is 2.06. The summed E-state index contributed by atoms with van der Waals surface area (Å²) in [5, 5.41) is 4.15.